The normalized spacial score (nSPS) is 30.1. The zero-order valence-electron chi connectivity index (χ0n) is 14.1. The monoisotopic (exact) mass is 288 g/mol. The van der Waals surface area contributed by atoms with Crippen molar-refractivity contribution in [3.05, 3.63) is 47.1 Å². The molecule has 1 aliphatic rings. The number of aliphatic hydroxyl groups is 1. The van der Waals surface area contributed by atoms with Gasteiger partial charge in [0, 0.05) is 0 Å². The standard InChI is InChI=1S/C20H32O/c1-16(2)20-13-11-17(3)7-5-9-19(15-21)10-6-8-18(4)12-14-20/h7,10,12,20-21H,1,5-6,8-9,11,13-15H2,2-4H3/b17-7-,18-12-,19-10-/t20-/m0/s1. The lowest BCUT2D eigenvalue weighted by Gasteiger charge is -2.16. The van der Waals surface area contributed by atoms with Crippen molar-refractivity contribution in [3.8, 4) is 0 Å². The van der Waals surface area contributed by atoms with Crippen molar-refractivity contribution in [3.63, 3.8) is 0 Å². The molecule has 0 saturated carbocycles. The molecule has 0 saturated heterocycles. The van der Waals surface area contributed by atoms with E-state index in [1.807, 2.05) is 0 Å². The van der Waals surface area contributed by atoms with Crippen LogP contribution in [-0.2, 0) is 0 Å². The van der Waals surface area contributed by atoms with Crippen molar-refractivity contribution in [2.75, 3.05) is 6.61 Å². The highest BCUT2D eigenvalue weighted by molar-refractivity contribution is 5.11. The first-order valence-corrected chi connectivity index (χ1v) is 8.28. The first kappa shape index (κ1) is 18.0. The summed E-state index contributed by atoms with van der Waals surface area (Å²) in [6.07, 6.45) is 14.6. The first-order valence-electron chi connectivity index (χ1n) is 8.28. The molecule has 0 bridgehead atoms. The van der Waals surface area contributed by atoms with Crippen molar-refractivity contribution < 1.29 is 5.11 Å². The van der Waals surface area contributed by atoms with Gasteiger partial charge < -0.3 is 5.11 Å². The zero-order valence-corrected chi connectivity index (χ0v) is 14.1. The molecule has 0 amide bonds. The average Bonchev–Trinajstić information content (AvgIpc) is 2.44. The van der Waals surface area contributed by atoms with Crippen LogP contribution in [0.5, 0.6) is 0 Å². The van der Waals surface area contributed by atoms with Gasteiger partial charge in [0.15, 0.2) is 0 Å². The van der Waals surface area contributed by atoms with Crippen molar-refractivity contribution in [1.29, 1.82) is 0 Å². The molecule has 1 heteroatoms. The maximum absolute atomic E-state index is 9.41. The molecule has 0 aliphatic heterocycles. The summed E-state index contributed by atoms with van der Waals surface area (Å²) in [5.41, 5.74) is 5.42. The molecule has 1 atom stereocenters. The topological polar surface area (TPSA) is 20.2 Å². The van der Waals surface area contributed by atoms with Crippen molar-refractivity contribution in [1.82, 2.24) is 0 Å². The van der Waals surface area contributed by atoms with E-state index in [-0.39, 0.29) is 6.61 Å². The smallest absolute Gasteiger partial charge is 0.0641 e. The molecular formula is C20H32O. The van der Waals surface area contributed by atoms with Crippen LogP contribution in [0.1, 0.15) is 65.7 Å². The second-order valence-corrected chi connectivity index (χ2v) is 6.52. The molecule has 1 rings (SSSR count). The summed E-state index contributed by atoms with van der Waals surface area (Å²) >= 11 is 0. The van der Waals surface area contributed by atoms with Gasteiger partial charge in [-0.15, -0.1) is 0 Å². The third kappa shape index (κ3) is 7.47. The van der Waals surface area contributed by atoms with Gasteiger partial charge in [0.25, 0.3) is 0 Å². The molecular weight excluding hydrogens is 256 g/mol. The van der Waals surface area contributed by atoms with Crippen LogP contribution < -0.4 is 0 Å². The van der Waals surface area contributed by atoms with Gasteiger partial charge >= 0.3 is 0 Å². The van der Waals surface area contributed by atoms with E-state index in [0.717, 1.165) is 38.5 Å². The fourth-order valence-electron chi connectivity index (χ4n) is 2.77. The van der Waals surface area contributed by atoms with Crippen LogP contribution in [0.25, 0.3) is 0 Å². The molecule has 1 aliphatic carbocycles. The van der Waals surface area contributed by atoms with Crippen LogP contribution in [0.15, 0.2) is 47.1 Å². The fraction of sp³-hybridized carbons (Fsp3) is 0.600. The van der Waals surface area contributed by atoms with E-state index in [9.17, 15) is 5.11 Å². The van der Waals surface area contributed by atoms with E-state index in [2.05, 4.69) is 45.6 Å². The Morgan fingerprint density at radius 1 is 1.10 bits per heavy atom. The van der Waals surface area contributed by atoms with Gasteiger partial charge in [0.2, 0.25) is 0 Å². The second-order valence-electron chi connectivity index (χ2n) is 6.52. The van der Waals surface area contributed by atoms with Gasteiger partial charge in [-0.25, -0.2) is 0 Å². The lowest BCUT2D eigenvalue weighted by Crippen LogP contribution is -2.01. The van der Waals surface area contributed by atoms with Gasteiger partial charge in [-0.1, -0.05) is 41.5 Å². The molecule has 1 nitrogen and oxygen atoms in total. The molecule has 0 aromatic heterocycles. The van der Waals surface area contributed by atoms with E-state index in [1.54, 1.807) is 0 Å². The Labute approximate surface area is 131 Å². The molecule has 21 heavy (non-hydrogen) atoms. The summed E-state index contributed by atoms with van der Waals surface area (Å²) in [7, 11) is 0. The van der Waals surface area contributed by atoms with E-state index < -0.39 is 0 Å². The molecule has 118 valence electrons. The number of allylic oxidation sites excluding steroid dienone is 6. The first-order chi connectivity index (χ1) is 10.0. The van der Waals surface area contributed by atoms with Crippen molar-refractivity contribution in [2.45, 2.75) is 65.7 Å². The quantitative estimate of drug-likeness (QED) is 0.643. The van der Waals surface area contributed by atoms with Gasteiger partial charge in [0.1, 0.15) is 0 Å². The number of hydrogen-bond acceptors (Lipinski definition) is 1. The average molecular weight is 288 g/mol. The van der Waals surface area contributed by atoms with Gasteiger partial charge in [-0.05, 0) is 77.2 Å². The highest BCUT2D eigenvalue weighted by atomic mass is 16.3. The minimum atomic E-state index is 0.202. The van der Waals surface area contributed by atoms with Crippen molar-refractivity contribution >= 4 is 0 Å². The Hall–Kier alpha value is -1.08. The SMILES string of the molecule is C=C(C)[C@@H]1C/C=C(/C)CC/C=C(\CO)CC/C=C(/C)CC1. The van der Waals surface area contributed by atoms with E-state index in [4.69, 9.17) is 0 Å². The molecule has 0 aromatic carbocycles. The maximum Gasteiger partial charge on any atom is 0.0641 e. The third-order valence-corrected chi connectivity index (χ3v) is 4.47. The second kappa shape index (κ2) is 9.78. The summed E-state index contributed by atoms with van der Waals surface area (Å²) in [4.78, 5) is 0. The molecule has 0 radical (unpaired) electrons. The van der Waals surface area contributed by atoms with Crippen molar-refractivity contribution in [2.24, 2.45) is 5.92 Å². The van der Waals surface area contributed by atoms with Gasteiger partial charge in [-0.2, -0.15) is 0 Å². The predicted molar refractivity (Wildman–Crippen MR) is 93.3 cm³/mol. The van der Waals surface area contributed by atoms with Crippen LogP contribution >= 0.6 is 0 Å². The minimum absolute atomic E-state index is 0.202. The molecule has 0 fully saturated rings. The summed E-state index contributed by atoms with van der Waals surface area (Å²) in [6.45, 7) is 11.0. The van der Waals surface area contributed by atoms with Gasteiger partial charge in [-0.3, -0.25) is 0 Å². The summed E-state index contributed by atoms with van der Waals surface area (Å²) in [6, 6.07) is 0. The minimum Gasteiger partial charge on any atom is -0.392 e. The predicted octanol–water partition coefficient (Wildman–Crippen LogP) is 5.73. The fourth-order valence-corrected chi connectivity index (χ4v) is 2.77. The lowest BCUT2D eigenvalue weighted by atomic mass is 9.89. The van der Waals surface area contributed by atoms with E-state index >= 15 is 0 Å². The molecule has 0 unspecified atom stereocenters. The largest absolute Gasteiger partial charge is 0.392 e. The van der Waals surface area contributed by atoms with E-state index in [1.165, 1.54) is 28.7 Å². The summed E-state index contributed by atoms with van der Waals surface area (Å²) in [5, 5.41) is 9.41. The molecule has 1 N–H and O–H groups in total. The summed E-state index contributed by atoms with van der Waals surface area (Å²) in [5.74, 6) is 0.606. The van der Waals surface area contributed by atoms with Crippen LogP contribution in [0.3, 0.4) is 0 Å². The maximum atomic E-state index is 9.41. The zero-order chi connectivity index (χ0) is 15.7. The molecule has 0 aromatic rings. The van der Waals surface area contributed by atoms with Crippen LogP contribution in [0.2, 0.25) is 0 Å². The Kier molecular flexibility index (Phi) is 8.37. The highest BCUT2D eigenvalue weighted by Gasteiger charge is 2.09. The number of aliphatic hydroxyl groups excluding tert-OH is 1. The number of rotatable bonds is 2. The Morgan fingerprint density at radius 3 is 2.43 bits per heavy atom. The third-order valence-electron chi connectivity index (χ3n) is 4.47. The van der Waals surface area contributed by atoms with E-state index in [0.29, 0.717) is 5.92 Å². The molecule has 0 heterocycles. The lowest BCUT2D eigenvalue weighted by molar-refractivity contribution is 0.326. The number of hydrogen-bond donors (Lipinski definition) is 1. The Bertz CT molecular complexity index is 423. The molecule has 0 spiro atoms. The Balaban J connectivity index is 2.80. The van der Waals surface area contributed by atoms with Gasteiger partial charge in [0.05, 0.1) is 6.61 Å². The highest BCUT2D eigenvalue weighted by Crippen LogP contribution is 2.24. The Morgan fingerprint density at radius 2 is 1.76 bits per heavy atom. The van der Waals surface area contributed by atoms with Crippen LogP contribution in [0, 0.1) is 5.92 Å². The van der Waals surface area contributed by atoms with Crippen LogP contribution in [-0.4, -0.2) is 11.7 Å². The summed E-state index contributed by atoms with van der Waals surface area (Å²) < 4.78 is 0. The van der Waals surface area contributed by atoms with Crippen LogP contribution in [0.4, 0.5) is 0 Å².